The molecule has 0 atom stereocenters. The van der Waals surface area contributed by atoms with E-state index < -0.39 is 11.8 Å². The number of benzene rings is 1. The van der Waals surface area contributed by atoms with Gasteiger partial charge >= 0.3 is 6.03 Å². The summed E-state index contributed by atoms with van der Waals surface area (Å²) in [5.74, 6) is -0.635. The number of hydrogen-bond donors (Lipinski definition) is 2. The molecule has 0 bridgehead atoms. The van der Waals surface area contributed by atoms with E-state index in [1.165, 1.54) is 12.1 Å². The maximum atomic E-state index is 12.9. The molecule has 0 aliphatic carbocycles. The van der Waals surface area contributed by atoms with E-state index in [0.29, 0.717) is 6.29 Å². The largest absolute Gasteiger partial charge is 0.351 e. The number of urea groups is 1. The van der Waals surface area contributed by atoms with Gasteiger partial charge in [-0.15, -0.1) is 0 Å². The van der Waals surface area contributed by atoms with Gasteiger partial charge < -0.3 is 11.1 Å². The van der Waals surface area contributed by atoms with Crippen molar-refractivity contribution >= 4 is 18.0 Å². The van der Waals surface area contributed by atoms with Gasteiger partial charge in [0.2, 0.25) is 0 Å². The fourth-order valence-corrected chi connectivity index (χ4v) is 0.845. The Hall–Kier alpha value is -1.91. The molecular formula is C8H7FN2O2. The third-order valence-electron chi connectivity index (χ3n) is 1.38. The van der Waals surface area contributed by atoms with Gasteiger partial charge in [-0.25, -0.2) is 9.18 Å². The Morgan fingerprint density at radius 1 is 1.54 bits per heavy atom. The number of carbonyl (C=O) groups is 2. The van der Waals surface area contributed by atoms with Crippen molar-refractivity contribution in [3.05, 3.63) is 29.6 Å². The van der Waals surface area contributed by atoms with Crippen LogP contribution in [0.1, 0.15) is 10.4 Å². The van der Waals surface area contributed by atoms with Gasteiger partial charge in [-0.3, -0.25) is 4.79 Å². The molecule has 0 spiro atoms. The summed E-state index contributed by atoms with van der Waals surface area (Å²) in [6, 6.07) is 2.71. The zero-order valence-corrected chi connectivity index (χ0v) is 6.58. The van der Waals surface area contributed by atoms with Crippen LogP contribution in [0, 0.1) is 5.82 Å². The number of nitrogens with two attached hydrogens (primary N) is 1. The van der Waals surface area contributed by atoms with Crippen LogP contribution in [-0.2, 0) is 0 Å². The fourth-order valence-electron chi connectivity index (χ4n) is 0.845. The number of hydrogen-bond acceptors (Lipinski definition) is 2. The highest BCUT2D eigenvalue weighted by Crippen LogP contribution is 2.14. The number of anilines is 1. The van der Waals surface area contributed by atoms with Crippen molar-refractivity contribution in [1.82, 2.24) is 0 Å². The number of aldehydes is 1. The molecule has 5 heteroatoms. The summed E-state index contributed by atoms with van der Waals surface area (Å²) in [4.78, 5) is 20.7. The first-order chi connectivity index (χ1) is 6.13. The second-order valence-corrected chi connectivity index (χ2v) is 2.35. The zero-order chi connectivity index (χ0) is 9.84. The van der Waals surface area contributed by atoms with Crippen LogP contribution >= 0.6 is 0 Å². The van der Waals surface area contributed by atoms with Crippen molar-refractivity contribution < 1.29 is 14.0 Å². The van der Waals surface area contributed by atoms with Gasteiger partial charge in [0.25, 0.3) is 0 Å². The normalized spacial score (nSPS) is 9.31. The Balaban J connectivity index is 3.03. The predicted molar refractivity (Wildman–Crippen MR) is 45.0 cm³/mol. The van der Waals surface area contributed by atoms with Crippen LogP contribution < -0.4 is 11.1 Å². The van der Waals surface area contributed by atoms with E-state index in [4.69, 9.17) is 5.73 Å². The molecule has 2 amide bonds. The molecule has 0 aliphatic heterocycles. The van der Waals surface area contributed by atoms with Crippen LogP contribution in [0.3, 0.4) is 0 Å². The van der Waals surface area contributed by atoms with E-state index in [1.807, 2.05) is 0 Å². The van der Waals surface area contributed by atoms with Crippen LogP contribution in [-0.4, -0.2) is 12.3 Å². The first-order valence-corrected chi connectivity index (χ1v) is 3.44. The van der Waals surface area contributed by atoms with E-state index in [0.717, 1.165) is 6.07 Å². The molecule has 1 rings (SSSR count). The zero-order valence-electron chi connectivity index (χ0n) is 6.58. The molecule has 0 aromatic heterocycles. The van der Waals surface area contributed by atoms with Crippen LogP contribution in [0.15, 0.2) is 18.2 Å². The molecular weight excluding hydrogens is 175 g/mol. The predicted octanol–water partition coefficient (Wildman–Crippen LogP) is 1.13. The molecule has 0 fully saturated rings. The molecule has 0 aliphatic rings. The van der Waals surface area contributed by atoms with E-state index >= 15 is 0 Å². The quantitative estimate of drug-likeness (QED) is 0.673. The maximum Gasteiger partial charge on any atom is 0.316 e. The minimum absolute atomic E-state index is 0.0999. The standard InChI is InChI=1S/C8H7FN2O2/c9-6-2-1-5(4-12)3-7(6)11-8(10)13/h1-4H,(H3,10,11,13). The Morgan fingerprint density at radius 2 is 2.23 bits per heavy atom. The number of rotatable bonds is 2. The summed E-state index contributed by atoms with van der Waals surface area (Å²) >= 11 is 0. The number of amides is 2. The lowest BCUT2D eigenvalue weighted by Gasteiger charge is -2.02. The van der Waals surface area contributed by atoms with E-state index in [9.17, 15) is 14.0 Å². The van der Waals surface area contributed by atoms with Crippen molar-refractivity contribution in [1.29, 1.82) is 0 Å². The van der Waals surface area contributed by atoms with Crippen LogP contribution in [0.25, 0.3) is 0 Å². The first kappa shape index (κ1) is 9.18. The molecule has 1 aromatic rings. The highest BCUT2D eigenvalue weighted by Gasteiger charge is 2.04. The maximum absolute atomic E-state index is 12.9. The molecule has 68 valence electrons. The van der Waals surface area contributed by atoms with Crippen molar-refractivity contribution in [2.45, 2.75) is 0 Å². The highest BCUT2D eigenvalue weighted by atomic mass is 19.1. The van der Waals surface area contributed by atoms with Gasteiger partial charge in [-0.1, -0.05) is 0 Å². The Labute approximate surface area is 73.5 Å². The second-order valence-electron chi connectivity index (χ2n) is 2.35. The number of halogens is 1. The summed E-state index contributed by atoms with van der Waals surface area (Å²) in [6.45, 7) is 0. The minimum Gasteiger partial charge on any atom is -0.351 e. The topological polar surface area (TPSA) is 72.2 Å². The van der Waals surface area contributed by atoms with E-state index in [2.05, 4.69) is 5.32 Å². The molecule has 0 saturated heterocycles. The molecule has 4 nitrogen and oxygen atoms in total. The summed E-state index contributed by atoms with van der Waals surface area (Å²) in [6.07, 6.45) is 0.547. The van der Waals surface area contributed by atoms with Crippen LogP contribution in [0.5, 0.6) is 0 Å². The Kier molecular flexibility index (Phi) is 2.59. The molecule has 13 heavy (non-hydrogen) atoms. The molecule has 0 saturated carbocycles. The second kappa shape index (κ2) is 3.66. The smallest absolute Gasteiger partial charge is 0.316 e. The SMILES string of the molecule is NC(=O)Nc1cc(C=O)ccc1F. The lowest BCUT2D eigenvalue weighted by atomic mass is 10.2. The average Bonchev–Trinajstić information content (AvgIpc) is 2.08. The van der Waals surface area contributed by atoms with Crippen LogP contribution in [0.2, 0.25) is 0 Å². The van der Waals surface area contributed by atoms with Gasteiger partial charge in [0.05, 0.1) is 5.69 Å². The molecule has 0 unspecified atom stereocenters. The minimum atomic E-state index is -0.873. The monoisotopic (exact) mass is 182 g/mol. The van der Waals surface area contributed by atoms with E-state index in [-0.39, 0.29) is 11.3 Å². The Bertz CT molecular complexity index is 352. The summed E-state index contributed by atoms with van der Waals surface area (Å²) in [5, 5.41) is 2.05. The summed E-state index contributed by atoms with van der Waals surface area (Å²) in [7, 11) is 0. The van der Waals surface area contributed by atoms with Crippen molar-refractivity contribution in [2.75, 3.05) is 5.32 Å². The van der Waals surface area contributed by atoms with Crippen LogP contribution in [0.4, 0.5) is 14.9 Å². The molecule has 0 radical (unpaired) electrons. The average molecular weight is 182 g/mol. The first-order valence-electron chi connectivity index (χ1n) is 3.44. The highest BCUT2D eigenvalue weighted by molar-refractivity contribution is 5.89. The number of nitrogens with one attached hydrogen (secondary N) is 1. The van der Waals surface area contributed by atoms with Gasteiger partial charge in [-0.2, -0.15) is 0 Å². The van der Waals surface area contributed by atoms with Gasteiger partial charge in [0.15, 0.2) is 0 Å². The van der Waals surface area contributed by atoms with Gasteiger partial charge in [-0.05, 0) is 18.2 Å². The number of carbonyl (C=O) groups excluding carboxylic acids is 2. The molecule has 0 heterocycles. The van der Waals surface area contributed by atoms with Crippen molar-refractivity contribution in [2.24, 2.45) is 5.73 Å². The van der Waals surface area contributed by atoms with Crippen molar-refractivity contribution in [3.63, 3.8) is 0 Å². The molecule has 1 aromatic carbocycles. The summed E-state index contributed by atoms with van der Waals surface area (Å²) in [5.41, 5.74) is 4.95. The number of primary amides is 1. The van der Waals surface area contributed by atoms with Gasteiger partial charge in [0, 0.05) is 5.56 Å². The molecule has 3 N–H and O–H groups in total. The fraction of sp³-hybridized carbons (Fsp3) is 0. The van der Waals surface area contributed by atoms with Gasteiger partial charge in [0.1, 0.15) is 12.1 Å². The third kappa shape index (κ3) is 2.26. The lowest BCUT2D eigenvalue weighted by molar-refractivity contribution is 0.112. The lowest BCUT2D eigenvalue weighted by Crippen LogP contribution is -2.20. The third-order valence-corrected chi connectivity index (χ3v) is 1.38. The van der Waals surface area contributed by atoms with E-state index in [1.54, 1.807) is 0 Å². The van der Waals surface area contributed by atoms with Crippen molar-refractivity contribution in [3.8, 4) is 0 Å². The summed E-state index contributed by atoms with van der Waals surface area (Å²) < 4.78 is 12.9. The Morgan fingerprint density at radius 3 is 2.77 bits per heavy atom.